The molecule has 0 N–H and O–H groups in total. The Morgan fingerprint density at radius 1 is 0.774 bits per heavy atom. The second-order valence-electron chi connectivity index (χ2n) is 8.01. The molecule has 154 valence electrons. The number of non-ortho nitro benzene ring substituents is 1. The Morgan fingerprint density at radius 2 is 1.35 bits per heavy atom. The van der Waals surface area contributed by atoms with E-state index in [-0.39, 0.29) is 16.5 Å². The molecule has 1 heterocycles. The number of hydrogen-bond acceptors (Lipinski definition) is 3. The number of aryl methyl sites for hydroxylation is 1. The van der Waals surface area contributed by atoms with Crippen LogP contribution in [-0.2, 0) is 12.8 Å². The van der Waals surface area contributed by atoms with Crippen molar-refractivity contribution in [3.8, 4) is 11.3 Å². The molecule has 0 unspecified atom stereocenters. The Bertz CT molecular complexity index is 1160. The third kappa shape index (κ3) is 3.66. The molecule has 3 aromatic carbocycles. The van der Waals surface area contributed by atoms with Crippen molar-refractivity contribution in [3.63, 3.8) is 0 Å². The van der Waals surface area contributed by atoms with Crippen LogP contribution in [0.3, 0.4) is 0 Å². The summed E-state index contributed by atoms with van der Waals surface area (Å²) in [6, 6.07) is 27.7. The van der Waals surface area contributed by atoms with E-state index in [1.807, 2.05) is 12.1 Å². The summed E-state index contributed by atoms with van der Waals surface area (Å²) in [6.07, 6.45) is 4.21. The fraction of sp³-hybridized carbons (Fsp3) is 0.185. The number of hydrogen-bond donors (Lipinski definition) is 0. The Hall–Kier alpha value is -3.66. The van der Waals surface area contributed by atoms with Gasteiger partial charge in [0.1, 0.15) is 11.5 Å². The first kappa shape index (κ1) is 19.3. The number of rotatable bonds is 5. The van der Waals surface area contributed by atoms with Gasteiger partial charge in [-0.05, 0) is 48.1 Å². The van der Waals surface area contributed by atoms with Crippen LogP contribution >= 0.6 is 0 Å². The molecule has 0 saturated carbocycles. The van der Waals surface area contributed by atoms with Crippen molar-refractivity contribution in [3.05, 3.63) is 123 Å². The van der Waals surface area contributed by atoms with E-state index in [9.17, 15) is 10.1 Å². The Labute approximate surface area is 181 Å². The van der Waals surface area contributed by atoms with Crippen molar-refractivity contribution in [1.82, 2.24) is 0 Å². The first-order valence-corrected chi connectivity index (χ1v) is 10.7. The van der Waals surface area contributed by atoms with Crippen LogP contribution in [0, 0.1) is 10.1 Å². The summed E-state index contributed by atoms with van der Waals surface area (Å²) >= 11 is 0. The minimum absolute atomic E-state index is 0.0400. The van der Waals surface area contributed by atoms with E-state index in [0.717, 1.165) is 42.8 Å². The topological polar surface area (TPSA) is 56.3 Å². The van der Waals surface area contributed by atoms with Gasteiger partial charge >= 0.3 is 0 Å². The Kier molecular flexibility index (Phi) is 5.13. The van der Waals surface area contributed by atoms with Crippen molar-refractivity contribution < 1.29 is 9.34 Å². The van der Waals surface area contributed by atoms with Gasteiger partial charge in [0.25, 0.3) is 5.69 Å². The number of benzene rings is 3. The standard InChI is InChI=1S/C27H23NO3/c29-28(30)22-17-15-21(16-18-22)27-26(23-13-7-8-14-24(23)31-27)25(19-9-3-1-4-10-19)20-11-5-2-6-12-20/h1-6,9-12,15-18,25H,7-8,13-14H2. The van der Waals surface area contributed by atoms with Gasteiger partial charge in [-0.15, -0.1) is 0 Å². The van der Waals surface area contributed by atoms with Crippen LogP contribution in [0.1, 0.15) is 46.8 Å². The predicted molar refractivity (Wildman–Crippen MR) is 121 cm³/mol. The zero-order valence-electron chi connectivity index (χ0n) is 17.2. The Balaban J connectivity index is 1.74. The second kappa shape index (κ2) is 8.23. The highest BCUT2D eigenvalue weighted by molar-refractivity contribution is 5.69. The molecule has 0 saturated heterocycles. The molecule has 0 bridgehead atoms. The van der Waals surface area contributed by atoms with Crippen LogP contribution < -0.4 is 0 Å². The van der Waals surface area contributed by atoms with Crippen molar-refractivity contribution in [1.29, 1.82) is 0 Å². The molecule has 1 aliphatic rings. The largest absolute Gasteiger partial charge is 0.460 e. The lowest BCUT2D eigenvalue weighted by Crippen LogP contribution is -2.09. The molecule has 1 aliphatic carbocycles. The van der Waals surface area contributed by atoms with Gasteiger partial charge in [0.2, 0.25) is 0 Å². The molecular weight excluding hydrogens is 386 g/mol. The average Bonchev–Trinajstić information content (AvgIpc) is 3.20. The molecule has 0 atom stereocenters. The van der Waals surface area contributed by atoms with Crippen LogP contribution in [0.25, 0.3) is 11.3 Å². The van der Waals surface area contributed by atoms with Gasteiger partial charge < -0.3 is 4.42 Å². The third-order valence-electron chi connectivity index (χ3n) is 6.11. The van der Waals surface area contributed by atoms with Crippen molar-refractivity contribution >= 4 is 5.69 Å². The summed E-state index contributed by atoms with van der Waals surface area (Å²) in [7, 11) is 0. The minimum Gasteiger partial charge on any atom is -0.460 e. The summed E-state index contributed by atoms with van der Waals surface area (Å²) in [5.41, 5.74) is 5.89. The fourth-order valence-electron chi connectivity index (χ4n) is 4.66. The molecule has 0 fully saturated rings. The molecule has 0 radical (unpaired) electrons. The number of nitro benzene ring substituents is 1. The molecule has 4 heteroatoms. The number of fused-ring (bicyclic) bond motifs is 1. The van der Waals surface area contributed by atoms with Gasteiger partial charge in [-0.2, -0.15) is 0 Å². The van der Waals surface area contributed by atoms with Crippen LogP contribution in [0.15, 0.2) is 89.3 Å². The molecular formula is C27H23NO3. The second-order valence-corrected chi connectivity index (χ2v) is 8.01. The molecule has 0 aliphatic heterocycles. The third-order valence-corrected chi connectivity index (χ3v) is 6.11. The summed E-state index contributed by atoms with van der Waals surface area (Å²) < 4.78 is 6.48. The predicted octanol–water partition coefficient (Wildman–Crippen LogP) is 6.91. The monoisotopic (exact) mass is 409 g/mol. The van der Waals surface area contributed by atoms with Gasteiger partial charge in [-0.3, -0.25) is 10.1 Å². The quantitative estimate of drug-likeness (QED) is 0.266. The van der Waals surface area contributed by atoms with Gasteiger partial charge in [0.15, 0.2) is 0 Å². The molecule has 0 amide bonds. The zero-order chi connectivity index (χ0) is 21.2. The molecule has 31 heavy (non-hydrogen) atoms. The Morgan fingerprint density at radius 3 is 1.94 bits per heavy atom. The van der Waals surface area contributed by atoms with Gasteiger partial charge in [-0.1, -0.05) is 60.7 Å². The van der Waals surface area contributed by atoms with Crippen LogP contribution in [0.4, 0.5) is 5.69 Å². The maximum absolute atomic E-state index is 11.1. The SMILES string of the molecule is O=[N+]([O-])c1ccc(-c2oc3c(c2C(c2ccccc2)c2ccccc2)CCCC3)cc1. The first-order valence-electron chi connectivity index (χ1n) is 10.7. The summed E-state index contributed by atoms with van der Waals surface area (Å²) in [5.74, 6) is 1.93. The molecule has 1 aromatic heterocycles. The lowest BCUT2D eigenvalue weighted by Gasteiger charge is -2.21. The summed E-state index contributed by atoms with van der Waals surface area (Å²) in [6.45, 7) is 0. The van der Waals surface area contributed by atoms with Crippen LogP contribution in [0.5, 0.6) is 0 Å². The lowest BCUT2D eigenvalue weighted by atomic mass is 9.80. The van der Waals surface area contributed by atoms with Crippen molar-refractivity contribution in [2.75, 3.05) is 0 Å². The van der Waals surface area contributed by atoms with Crippen molar-refractivity contribution in [2.24, 2.45) is 0 Å². The highest BCUT2D eigenvalue weighted by atomic mass is 16.6. The molecule has 0 spiro atoms. The minimum atomic E-state index is -0.366. The molecule has 5 rings (SSSR count). The molecule has 4 aromatic rings. The van der Waals surface area contributed by atoms with E-state index < -0.39 is 0 Å². The highest BCUT2D eigenvalue weighted by Crippen LogP contribution is 2.45. The number of furan rings is 1. The fourth-order valence-corrected chi connectivity index (χ4v) is 4.66. The number of nitrogens with zero attached hydrogens (tertiary/aromatic N) is 1. The smallest absolute Gasteiger partial charge is 0.269 e. The van der Waals surface area contributed by atoms with E-state index in [1.165, 1.54) is 22.3 Å². The lowest BCUT2D eigenvalue weighted by molar-refractivity contribution is -0.384. The van der Waals surface area contributed by atoms with Crippen LogP contribution in [0.2, 0.25) is 0 Å². The van der Waals surface area contributed by atoms with Gasteiger partial charge in [0.05, 0.1) is 4.92 Å². The summed E-state index contributed by atoms with van der Waals surface area (Å²) in [4.78, 5) is 10.8. The molecule has 4 nitrogen and oxygen atoms in total. The normalized spacial score (nSPS) is 13.2. The van der Waals surface area contributed by atoms with E-state index in [4.69, 9.17) is 4.42 Å². The van der Waals surface area contributed by atoms with E-state index in [1.54, 1.807) is 24.3 Å². The van der Waals surface area contributed by atoms with Crippen molar-refractivity contribution in [2.45, 2.75) is 31.6 Å². The maximum Gasteiger partial charge on any atom is 0.269 e. The van der Waals surface area contributed by atoms with Crippen LogP contribution in [-0.4, -0.2) is 4.92 Å². The maximum atomic E-state index is 11.1. The number of nitro groups is 1. The average molecular weight is 409 g/mol. The van der Waals surface area contributed by atoms with E-state index in [0.29, 0.717) is 0 Å². The van der Waals surface area contributed by atoms with Gasteiger partial charge in [0, 0.05) is 35.6 Å². The van der Waals surface area contributed by atoms with Gasteiger partial charge in [-0.25, -0.2) is 0 Å². The zero-order valence-corrected chi connectivity index (χ0v) is 17.2. The van der Waals surface area contributed by atoms with E-state index in [2.05, 4.69) is 48.5 Å². The summed E-state index contributed by atoms with van der Waals surface area (Å²) in [5, 5.41) is 11.1. The first-order chi connectivity index (χ1) is 15.2. The van der Waals surface area contributed by atoms with E-state index >= 15 is 0 Å². The highest BCUT2D eigenvalue weighted by Gasteiger charge is 2.30.